The number of unbranched alkanes of at least 4 members (excludes halogenated alkanes) is 1. The Morgan fingerprint density at radius 1 is 1.12 bits per heavy atom. The Hall–Kier alpha value is -1.64. The Morgan fingerprint density at radius 3 is 2.41 bits per heavy atom. The Kier molecular flexibility index (Phi) is 5.40. The Balaban J connectivity index is 2.77. The topological polar surface area (TPSA) is 27.7 Å². The minimum atomic E-state index is 0.647. The molecule has 1 aromatic carbocycles. The molecule has 17 heavy (non-hydrogen) atoms. The summed E-state index contributed by atoms with van der Waals surface area (Å²) in [7, 11) is 3.29. The van der Waals surface area contributed by atoms with E-state index in [0.717, 1.165) is 35.7 Å². The van der Waals surface area contributed by atoms with Crippen molar-refractivity contribution in [3.8, 4) is 17.2 Å². The van der Waals surface area contributed by atoms with Crippen LogP contribution in [0, 0.1) is 6.92 Å². The van der Waals surface area contributed by atoms with Gasteiger partial charge >= 0.3 is 0 Å². The maximum absolute atomic E-state index is 5.67. The van der Waals surface area contributed by atoms with E-state index in [-0.39, 0.29) is 0 Å². The van der Waals surface area contributed by atoms with Crippen molar-refractivity contribution < 1.29 is 14.2 Å². The summed E-state index contributed by atoms with van der Waals surface area (Å²) in [6.45, 7) is 6.30. The molecule has 0 saturated heterocycles. The number of ether oxygens (including phenoxy) is 3. The van der Waals surface area contributed by atoms with Gasteiger partial charge in [0.1, 0.15) is 5.75 Å². The average molecular weight is 236 g/mol. The second kappa shape index (κ2) is 6.84. The molecular weight excluding hydrogens is 216 g/mol. The third kappa shape index (κ3) is 3.70. The van der Waals surface area contributed by atoms with Gasteiger partial charge in [-0.2, -0.15) is 0 Å². The lowest BCUT2D eigenvalue weighted by atomic mass is 10.2. The van der Waals surface area contributed by atoms with Crippen LogP contribution in [0.5, 0.6) is 17.2 Å². The second-order valence-electron chi connectivity index (χ2n) is 3.75. The maximum Gasteiger partial charge on any atom is 0.164 e. The maximum atomic E-state index is 5.67. The van der Waals surface area contributed by atoms with Crippen LogP contribution in [-0.4, -0.2) is 20.8 Å². The van der Waals surface area contributed by atoms with Gasteiger partial charge in [0.15, 0.2) is 11.5 Å². The number of hydrogen-bond donors (Lipinski definition) is 0. The van der Waals surface area contributed by atoms with Crippen molar-refractivity contribution in [2.75, 3.05) is 20.8 Å². The average Bonchev–Trinajstić information content (AvgIpc) is 2.35. The molecule has 0 amide bonds. The molecule has 0 aliphatic rings. The molecule has 0 fully saturated rings. The van der Waals surface area contributed by atoms with E-state index in [1.54, 1.807) is 14.2 Å². The lowest BCUT2D eigenvalue weighted by molar-refractivity contribution is 0.287. The number of hydrogen-bond acceptors (Lipinski definition) is 3. The third-order valence-corrected chi connectivity index (χ3v) is 2.49. The smallest absolute Gasteiger partial charge is 0.164 e. The number of allylic oxidation sites excluding steroid dienone is 1. The highest BCUT2D eigenvalue weighted by Crippen LogP contribution is 2.34. The molecule has 3 heteroatoms. The fraction of sp³-hybridized carbons (Fsp3) is 0.429. The third-order valence-electron chi connectivity index (χ3n) is 2.49. The molecule has 3 nitrogen and oxygen atoms in total. The molecule has 0 bridgehead atoms. The minimum Gasteiger partial charge on any atom is -0.496 e. The Labute approximate surface area is 103 Å². The molecule has 0 radical (unpaired) electrons. The monoisotopic (exact) mass is 236 g/mol. The molecule has 1 aromatic rings. The van der Waals surface area contributed by atoms with E-state index < -0.39 is 0 Å². The van der Waals surface area contributed by atoms with E-state index in [1.807, 2.05) is 25.1 Å². The van der Waals surface area contributed by atoms with Gasteiger partial charge < -0.3 is 14.2 Å². The summed E-state index contributed by atoms with van der Waals surface area (Å²) >= 11 is 0. The molecule has 0 heterocycles. The molecule has 0 spiro atoms. The van der Waals surface area contributed by atoms with E-state index >= 15 is 0 Å². The lowest BCUT2D eigenvalue weighted by Crippen LogP contribution is -2.00. The van der Waals surface area contributed by atoms with Crippen molar-refractivity contribution in [3.63, 3.8) is 0 Å². The second-order valence-corrected chi connectivity index (χ2v) is 3.75. The lowest BCUT2D eigenvalue weighted by Gasteiger charge is -2.13. The summed E-state index contributed by atoms with van der Waals surface area (Å²) in [4.78, 5) is 0. The SMILES string of the molecule is C=CCCCOc1cc(OC)c(C)cc1OC. The van der Waals surface area contributed by atoms with Crippen LogP contribution < -0.4 is 14.2 Å². The highest BCUT2D eigenvalue weighted by atomic mass is 16.5. The van der Waals surface area contributed by atoms with E-state index in [9.17, 15) is 0 Å². The van der Waals surface area contributed by atoms with E-state index in [1.165, 1.54) is 0 Å². The fourth-order valence-corrected chi connectivity index (χ4v) is 1.54. The predicted molar refractivity (Wildman–Crippen MR) is 69.2 cm³/mol. The minimum absolute atomic E-state index is 0.647. The van der Waals surface area contributed by atoms with Crippen molar-refractivity contribution in [2.24, 2.45) is 0 Å². The zero-order chi connectivity index (χ0) is 12.7. The zero-order valence-corrected chi connectivity index (χ0v) is 10.8. The first-order valence-corrected chi connectivity index (χ1v) is 5.69. The van der Waals surface area contributed by atoms with Crippen LogP contribution >= 0.6 is 0 Å². The first-order valence-electron chi connectivity index (χ1n) is 5.69. The largest absolute Gasteiger partial charge is 0.496 e. The van der Waals surface area contributed by atoms with Gasteiger partial charge in [0.05, 0.1) is 20.8 Å². The molecule has 1 rings (SSSR count). The molecule has 0 N–H and O–H groups in total. The number of methoxy groups -OCH3 is 2. The van der Waals surface area contributed by atoms with Crippen molar-refractivity contribution in [1.82, 2.24) is 0 Å². The summed E-state index contributed by atoms with van der Waals surface area (Å²) in [6.07, 6.45) is 3.78. The van der Waals surface area contributed by atoms with Crippen LogP contribution in [-0.2, 0) is 0 Å². The van der Waals surface area contributed by atoms with Crippen LogP contribution in [0.15, 0.2) is 24.8 Å². The molecule has 94 valence electrons. The summed E-state index contributed by atoms with van der Waals surface area (Å²) in [5.41, 5.74) is 1.03. The van der Waals surface area contributed by atoms with Crippen LogP contribution in [0.25, 0.3) is 0 Å². The quantitative estimate of drug-likeness (QED) is 0.536. The Morgan fingerprint density at radius 2 is 1.82 bits per heavy atom. The van der Waals surface area contributed by atoms with Gasteiger partial charge in [-0.3, -0.25) is 0 Å². The van der Waals surface area contributed by atoms with Crippen LogP contribution in [0.4, 0.5) is 0 Å². The van der Waals surface area contributed by atoms with Crippen molar-refractivity contribution in [2.45, 2.75) is 19.8 Å². The molecular formula is C14H20O3. The first kappa shape index (κ1) is 13.4. The van der Waals surface area contributed by atoms with Gasteiger partial charge in [0.25, 0.3) is 0 Å². The molecule has 0 aromatic heterocycles. The van der Waals surface area contributed by atoms with Crippen LogP contribution in [0.1, 0.15) is 18.4 Å². The van der Waals surface area contributed by atoms with Gasteiger partial charge in [-0.15, -0.1) is 6.58 Å². The molecule has 0 atom stereocenters. The molecule has 0 aliphatic heterocycles. The van der Waals surface area contributed by atoms with Crippen molar-refractivity contribution in [1.29, 1.82) is 0 Å². The highest BCUT2D eigenvalue weighted by Gasteiger charge is 2.09. The van der Waals surface area contributed by atoms with Crippen LogP contribution in [0.2, 0.25) is 0 Å². The first-order chi connectivity index (χ1) is 8.22. The predicted octanol–water partition coefficient (Wildman–Crippen LogP) is 3.36. The van der Waals surface area contributed by atoms with Gasteiger partial charge in [0, 0.05) is 6.07 Å². The fourth-order valence-electron chi connectivity index (χ4n) is 1.54. The van der Waals surface area contributed by atoms with Gasteiger partial charge in [-0.05, 0) is 31.4 Å². The Bertz CT molecular complexity index is 372. The molecule has 0 unspecified atom stereocenters. The van der Waals surface area contributed by atoms with Crippen molar-refractivity contribution >= 4 is 0 Å². The zero-order valence-electron chi connectivity index (χ0n) is 10.8. The summed E-state index contributed by atoms with van der Waals surface area (Å²) in [5, 5.41) is 0. The summed E-state index contributed by atoms with van der Waals surface area (Å²) < 4.78 is 16.2. The molecule has 0 saturated carbocycles. The van der Waals surface area contributed by atoms with Gasteiger partial charge in [0.2, 0.25) is 0 Å². The van der Waals surface area contributed by atoms with Crippen molar-refractivity contribution in [3.05, 3.63) is 30.4 Å². The van der Waals surface area contributed by atoms with E-state index in [4.69, 9.17) is 14.2 Å². The summed E-state index contributed by atoms with van der Waals surface area (Å²) in [5.74, 6) is 2.27. The number of aryl methyl sites for hydroxylation is 1. The highest BCUT2D eigenvalue weighted by molar-refractivity contribution is 5.50. The number of rotatable bonds is 7. The van der Waals surface area contributed by atoms with Crippen LogP contribution in [0.3, 0.4) is 0 Å². The normalized spacial score (nSPS) is 9.82. The van der Waals surface area contributed by atoms with Gasteiger partial charge in [-0.1, -0.05) is 6.08 Å². The standard InChI is InChI=1S/C14H20O3/c1-5-6-7-8-17-14-10-12(15-3)11(2)9-13(14)16-4/h5,9-10H,1,6-8H2,2-4H3. The number of benzene rings is 1. The molecule has 0 aliphatic carbocycles. The van der Waals surface area contributed by atoms with E-state index in [2.05, 4.69) is 6.58 Å². The van der Waals surface area contributed by atoms with E-state index in [0.29, 0.717) is 6.61 Å². The summed E-state index contributed by atoms with van der Waals surface area (Å²) in [6, 6.07) is 3.78. The van der Waals surface area contributed by atoms with Gasteiger partial charge in [-0.25, -0.2) is 0 Å².